The molecule has 0 bridgehead atoms. The number of likely N-dealkylation sites (tertiary alicyclic amines) is 1. The molecule has 20 heavy (non-hydrogen) atoms. The van der Waals surface area contributed by atoms with Gasteiger partial charge < -0.3 is 9.64 Å². The quantitative estimate of drug-likeness (QED) is 0.633. The van der Waals surface area contributed by atoms with Crippen LogP contribution in [0.2, 0.25) is 0 Å². The second kappa shape index (κ2) is 6.70. The van der Waals surface area contributed by atoms with Gasteiger partial charge >= 0.3 is 5.97 Å². The molecule has 2 heterocycles. The van der Waals surface area contributed by atoms with E-state index in [1.807, 2.05) is 19.1 Å². The standard InChI is InChI=1S/C15H19NO3S/c1-3-19-15(18)13-5-4-10-16(13)14(17)9-8-12-7-6-11(2)20-12/h6-9,13H,3-5,10H2,1-2H3. The Hall–Kier alpha value is -1.62. The van der Waals surface area contributed by atoms with Crippen molar-refractivity contribution in [1.82, 2.24) is 4.90 Å². The van der Waals surface area contributed by atoms with Crippen molar-refractivity contribution in [2.24, 2.45) is 0 Å². The molecule has 1 aliphatic heterocycles. The van der Waals surface area contributed by atoms with Crippen LogP contribution in [-0.4, -0.2) is 36.0 Å². The van der Waals surface area contributed by atoms with Gasteiger partial charge in [-0.25, -0.2) is 4.79 Å². The highest BCUT2D eigenvalue weighted by atomic mass is 32.1. The first-order valence-corrected chi connectivity index (χ1v) is 7.65. The van der Waals surface area contributed by atoms with Crippen LogP contribution in [0.4, 0.5) is 0 Å². The van der Waals surface area contributed by atoms with Gasteiger partial charge in [-0.05, 0) is 44.9 Å². The minimum Gasteiger partial charge on any atom is -0.464 e. The van der Waals surface area contributed by atoms with Gasteiger partial charge in [-0.3, -0.25) is 4.79 Å². The van der Waals surface area contributed by atoms with Crippen molar-refractivity contribution in [1.29, 1.82) is 0 Å². The Kier molecular flexibility index (Phi) is 4.95. The molecule has 108 valence electrons. The third-order valence-corrected chi connectivity index (χ3v) is 4.21. The highest BCUT2D eigenvalue weighted by Crippen LogP contribution is 2.20. The van der Waals surface area contributed by atoms with Crippen molar-refractivity contribution >= 4 is 29.3 Å². The molecule has 0 aromatic carbocycles. The molecule has 0 spiro atoms. The van der Waals surface area contributed by atoms with E-state index < -0.39 is 6.04 Å². The number of amides is 1. The summed E-state index contributed by atoms with van der Waals surface area (Å²) in [6.45, 7) is 4.77. The normalized spacial score (nSPS) is 18.7. The summed E-state index contributed by atoms with van der Waals surface area (Å²) in [5.74, 6) is -0.412. The van der Waals surface area contributed by atoms with Gasteiger partial charge in [0.15, 0.2) is 0 Å². The highest BCUT2D eigenvalue weighted by Gasteiger charge is 2.33. The van der Waals surface area contributed by atoms with Crippen molar-refractivity contribution < 1.29 is 14.3 Å². The molecule has 5 heteroatoms. The number of hydrogen-bond acceptors (Lipinski definition) is 4. The minimum atomic E-state index is -0.419. The van der Waals surface area contributed by atoms with E-state index in [9.17, 15) is 9.59 Å². The van der Waals surface area contributed by atoms with Crippen LogP contribution in [0.15, 0.2) is 18.2 Å². The maximum absolute atomic E-state index is 12.2. The second-order valence-corrected chi connectivity index (χ2v) is 6.04. The number of carbonyl (C=O) groups excluding carboxylic acids is 2. The smallest absolute Gasteiger partial charge is 0.328 e. The Morgan fingerprint density at radius 2 is 2.30 bits per heavy atom. The lowest BCUT2D eigenvalue weighted by atomic mass is 10.2. The molecular weight excluding hydrogens is 274 g/mol. The Bertz CT molecular complexity index is 521. The van der Waals surface area contributed by atoms with E-state index in [0.717, 1.165) is 11.3 Å². The fourth-order valence-electron chi connectivity index (χ4n) is 2.31. The van der Waals surface area contributed by atoms with Gasteiger partial charge in [0.2, 0.25) is 5.91 Å². The van der Waals surface area contributed by atoms with E-state index in [0.29, 0.717) is 19.6 Å². The lowest BCUT2D eigenvalue weighted by Gasteiger charge is -2.21. The van der Waals surface area contributed by atoms with E-state index in [1.165, 1.54) is 4.88 Å². The number of esters is 1. The summed E-state index contributed by atoms with van der Waals surface area (Å²) in [5, 5.41) is 0. The molecule has 1 atom stereocenters. The first-order chi connectivity index (χ1) is 9.61. The van der Waals surface area contributed by atoms with Gasteiger partial charge in [0.05, 0.1) is 6.61 Å². The first-order valence-electron chi connectivity index (χ1n) is 6.83. The SMILES string of the molecule is CCOC(=O)C1CCCN1C(=O)C=Cc1ccc(C)s1. The molecular formula is C15H19NO3S. The lowest BCUT2D eigenvalue weighted by Crippen LogP contribution is -2.40. The summed E-state index contributed by atoms with van der Waals surface area (Å²) < 4.78 is 5.02. The van der Waals surface area contributed by atoms with Crippen molar-refractivity contribution in [3.63, 3.8) is 0 Å². The van der Waals surface area contributed by atoms with Gasteiger partial charge in [-0.15, -0.1) is 11.3 Å². The molecule has 2 rings (SSSR count). The van der Waals surface area contributed by atoms with E-state index in [2.05, 4.69) is 0 Å². The molecule has 1 amide bonds. The third kappa shape index (κ3) is 3.48. The summed E-state index contributed by atoms with van der Waals surface area (Å²) in [7, 11) is 0. The zero-order valence-electron chi connectivity index (χ0n) is 11.8. The maximum atomic E-state index is 12.2. The number of hydrogen-bond donors (Lipinski definition) is 0. The Balaban J connectivity index is 2.00. The Morgan fingerprint density at radius 1 is 1.50 bits per heavy atom. The zero-order valence-corrected chi connectivity index (χ0v) is 12.6. The first kappa shape index (κ1) is 14.8. The summed E-state index contributed by atoms with van der Waals surface area (Å²) in [4.78, 5) is 27.8. The van der Waals surface area contributed by atoms with Crippen molar-refractivity contribution in [2.45, 2.75) is 32.7 Å². The molecule has 0 N–H and O–H groups in total. The molecule has 1 saturated heterocycles. The van der Waals surface area contributed by atoms with Crippen molar-refractivity contribution in [3.8, 4) is 0 Å². The van der Waals surface area contributed by atoms with Gasteiger partial charge in [0, 0.05) is 22.4 Å². The average Bonchev–Trinajstić information content (AvgIpc) is 3.05. The molecule has 0 radical (unpaired) electrons. The zero-order chi connectivity index (χ0) is 14.5. The molecule has 1 aromatic heterocycles. The summed E-state index contributed by atoms with van der Waals surface area (Å²) in [6.07, 6.45) is 4.89. The van der Waals surface area contributed by atoms with Crippen LogP contribution in [0.5, 0.6) is 0 Å². The van der Waals surface area contributed by atoms with E-state index in [4.69, 9.17) is 4.74 Å². The third-order valence-electron chi connectivity index (χ3n) is 3.25. The fraction of sp³-hybridized carbons (Fsp3) is 0.467. The van der Waals surface area contributed by atoms with E-state index >= 15 is 0 Å². The summed E-state index contributed by atoms with van der Waals surface area (Å²) in [6, 6.07) is 3.58. The van der Waals surface area contributed by atoms with Crippen LogP contribution in [-0.2, 0) is 14.3 Å². The number of nitrogens with zero attached hydrogens (tertiary/aromatic N) is 1. The molecule has 1 aliphatic rings. The summed E-state index contributed by atoms with van der Waals surface area (Å²) in [5.41, 5.74) is 0. The topological polar surface area (TPSA) is 46.6 Å². The number of rotatable bonds is 4. The monoisotopic (exact) mass is 293 g/mol. The highest BCUT2D eigenvalue weighted by molar-refractivity contribution is 7.12. The van der Waals surface area contributed by atoms with Gasteiger partial charge in [0.25, 0.3) is 0 Å². The number of ether oxygens (including phenoxy) is 1. The predicted molar refractivity (Wildman–Crippen MR) is 79.5 cm³/mol. The molecule has 0 aliphatic carbocycles. The van der Waals surface area contributed by atoms with Crippen molar-refractivity contribution in [2.75, 3.05) is 13.2 Å². The fourth-order valence-corrected chi connectivity index (χ4v) is 3.09. The van der Waals surface area contributed by atoms with Gasteiger partial charge in [0.1, 0.15) is 6.04 Å². The van der Waals surface area contributed by atoms with Crippen LogP contribution >= 0.6 is 11.3 Å². The second-order valence-electron chi connectivity index (χ2n) is 4.72. The van der Waals surface area contributed by atoms with Gasteiger partial charge in [-0.1, -0.05) is 0 Å². The van der Waals surface area contributed by atoms with Gasteiger partial charge in [-0.2, -0.15) is 0 Å². The largest absolute Gasteiger partial charge is 0.464 e. The van der Waals surface area contributed by atoms with Crippen LogP contribution in [0.1, 0.15) is 29.5 Å². The molecule has 4 nitrogen and oxygen atoms in total. The van der Waals surface area contributed by atoms with E-state index in [1.54, 1.807) is 35.3 Å². The molecule has 1 fully saturated rings. The average molecular weight is 293 g/mol. The number of carbonyl (C=O) groups is 2. The lowest BCUT2D eigenvalue weighted by molar-refractivity contribution is -0.151. The Morgan fingerprint density at radius 3 is 2.95 bits per heavy atom. The van der Waals surface area contributed by atoms with Crippen LogP contribution in [0, 0.1) is 6.92 Å². The minimum absolute atomic E-state index is 0.119. The molecule has 0 saturated carbocycles. The molecule has 1 aromatic rings. The van der Waals surface area contributed by atoms with Crippen molar-refractivity contribution in [3.05, 3.63) is 28.0 Å². The van der Waals surface area contributed by atoms with Crippen LogP contribution < -0.4 is 0 Å². The van der Waals surface area contributed by atoms with E-state index in [-0.39, 0.29) is 11.9 Å². The molecule has 1 unspecified atom stereocenters. The maximum Gasteiger partial charge on any atom is 0.328 e. The predicted octanol–water partition coefficient (Wildman–Crippen LogP) is 2.62. The van der Waals surface area contributed by atoms with Crippen LogP contribution in [0.25, 0.3) is 6.08 Å². The number of aryl methyl sites for hydroxylation is 1. The number of thiophene rings is 1. The summed E-state index contributed by atoms with van der Waals surface area (Å²) >= 11 is 1.64. The van der Waals surface area contributed by atoms with Crippen LogP contribution in [0.3, 0.4) is 0 Å². The Labute approximate surface area is 123 Å².